The largest absolute Gasteiger partial charge is 0.382 e. The Hall–Kier alpha value is -0.770. The molecule has 0 saturated carbocycles. The van der Waals surface area contributed by atoms with Crippen LogP contribution in [0.25, 0.3) is 0 Å². The Bertz CT molecular complexity index is 280. The van der Waals surface area contributed by atoms with E-state index in [0.29, 0.717) is 5.82 Å². The summed E-state index contributed by atoms with van der Waals surface area (Å²) in [5.74, 6) is 1.80. The molecule has 1 saturated heterocycles. The minimum atomic E-state index is 0.505. The van der Waals surface area contributed by atoms with Gasteiger partial charge in [0.25, 0.3) is 0 Å². The molecule has 4 heteroatoms. The molecule has 3 nitrogen and oxygen atoms in total. The maximum atomic E-state index is 5.48. The van der Waals surface area contributed by atoms with Gasteiger partial charge in [0, 0.05) is 11.7 Å². The normalized spacial score (nSPS) is 22.1. The minimum absolute atomic E-state index is 0.505. The highest BCUT2D eigenvalue weighted by Gasteiger charge is 2.14. The van der Waals surface area contributed by atoms with E-state index in [4.69, 9.17) is 5.73 Å². The van der Waals surface area contributed by atoms with Crippen molar-refractivity contribution in [3.8, 4) is 0 Å². The first-order valence-corrected chi connectivity index (χ1v) is 6.09. The van der Waals surface area contributed by atoms with Gasteiger partial charge in [0.1, 0.15) is 5.82 Å². The monoisotopic (exact) mass is 209 g/mol. The van der Waals surface area contributed by atoms with Crippen molar-refractivity contribution in [3.05, 3.63) is 17.8 Å². The third-order valence-electron chi connectivity index (χ3n) is 2.45. The average Bonchev–Trinajstić information content (AvgIpc) is 2.23. The SMILES string of the molecule is Nc1ccc(CC2CCCCS2)nn1. The number of thioether (sulfide) groups is 1. The molecule has 0 spiro atoms. The second-order valence-electron chi connectivity index (χ2n) is 3.64. The molecule has 14 heavy (non-hydrogen) atoms. The molecule has 2 heterocycles. The molecule has 1 aromatic heterocycles. The number of anilines is 1. The molecule has 0 radical (unpaired) electrons. The molecule has 76 valence electrons. The average molecular weight is 209 g/mol. The Morgan fingerprint density at radius 3 is 2.93 bits per heavy atom. The number of nitrogens with zero attached hydrogens (tertiary/aromatic N) is 2. The van der Waals surface area contributed by atoms with Crippen LogP contribution in [0, 0.1) is 0 Å². The van der Waals surface area contributed by atoms with Gasteiger partial charge in [-0.2, -0.15) is 16.9 Å². The van der Waals surface area contributed by atoms with Gasteiger partial charge in [0.2, 0.25) is 0 Å². The number of rotatable bonds is 2. The summed E-state index contributed by atoms with van der Waals surface area (Å²) in [4.78, 5) is 0. The number of hydrogen-bond donors (Lipinski definition) is 1. The van der Waals surface area contributed by atoms with Crippen molar-refractivity contribution in [1.82, 2.24) is 10.2 Å². The first kappa shape index (κ1) is 9.77. The van der Waals surface area contributed by atoms with Gasteiger partial charge < -0.3 is 5.73 Å². The van der Waals surface area contributed by atoms with Crippen molar-refractivity contribution in [1.29, 1.82) is 0 Å². The summed E-state index contributed by atoms with van der Waals surface area (Å²) >= 11 is 2.06. The lowest BCUT2D eigenvalue weighted by Gasteiger charge is -2.20. The van der Waals surface area contributed by atoms with E-state index in [1.807, 2.05) is 12.1 Å². The van der Waals surface area contributed by atoms with E-state index in [1.54, 1.807) is 0 Å². The van der Waals surface area contributed by atoms with E-state index in [2.05, 4.69) is 22.0 Å². The highest BCUT2D eigenvalue weighted by atomic mass is 32.2. The fourth-order valence-electron chi connectivity index (χ4n) is 1.68. The molecule has 0 aliphatic carbocycles. The van der Waals surface area contributed by atoms with Crippen LogP contribution >= 0.6 is 11.8 Å². The molecule has 2 rings (SSSR count). The van der Waals surface area contributed by atoms with Gasteiger partial charge in [-0.1, -0.05) is 6.42 Å². The Morgan fingerprint density at radius 1 is 1.36 bits per heavy atom. The van der Waals surface area contributed by atoms with Crippen LogP contribution in [0.5, 0.6) is 0 Å². The Labute approximate surface area is 88.5 Å². The van der Waals surface area contributed by atoms with Gasteiger partial charge in [-0.3, -0.25) is 0 Å². The summed E-state index contributed by atoms with van der Waals surface area (Å²) in [6.45, 7) is 0. The maximum absolute atomic E-state index is 5.48. The molecule has 0 amide bonds. The van der Waals surface area contributed by atoms with Crippen LogP contribution in [-0.2, 0) is 6.42 Å². The lowest BCUT2D eigenvalue weighted by molar-refractivity contribution is 0.651. The quantitative estimate of drug-likeness (QED) is 0.808. The van der Waals surface area contributed by atoms with Crippen LogP contribution in [0.15, 0.2) is 12.1 Å². The highest BCUT2D eigenvalue weighted by molar-refractivity contribution is 7.99. The number of nitrogens with two attached hydrogens (primary N) is 1. The van der Waals surface area contributed by atoms with Crippen LogP contribution in [0.4, 0.5) is 5.82 Å². The first-order valence-electron chi connectivity index (χ1n) is 5.04. The molecule has 0 bridgehead atoms. The van der Waals surface area contributed by atoms with Crippen molar-refractivity contribution in [2.45, 2.75) is 30.9 Å². The summed E-state index contributed by atoms with van der Waals surface area (Å²) in [6, 6.07) is 3.81. The smallest absolute Gasteiger partial charge is 0.146 e. The fraction of sp³-hybridized carbons (Fsp3) is 0.600. The molecule has 1 aromatic rings. The predicted molar refractivity (Wildman–Crippen MR) is 60.2 cm³/mol. The molecule has 1 aliphatic rings. The van der Waals surface area contributed by atoms with Crippen LogP contribution in [0.2, 0.25) is 0 Å². The van der Waals surface area contributed by atoms with E-state index in [0.717, 1.165) is 17.4 Å². The van der Waals surface area contributed by atoms with Crippen molar-refractivity contribution in [2.24, 2.45) is 0 Å². The van der Waals surface area contributed by atoms with Crippen LogP contribution < -0.4 is 5.73 Å². The third kappa shape index (κ3) is 2.61. The molecule has 0 aromatic carbocycles. The Kier molecular flexibility index (Phi) is 3.24. The fourth-order valence-corrected chi connectivity index (χ4v) is 3.01. The lowest BCUT2D eigenvalue weighted by Crippen LogP contribution is -2.13. The van der Waals surface area contributed by atoms with Gasteiger partial charge in [-0.05, 0) is 30.7 Å². The molecular weight excluding hydrogens is 194 g/mol. The standard InChI is InChI=1S/C10H15N3S/c11-10-5-4-8(12-13-10)7-9-3-1-2-6-14-9/h4-5,9H,1-3,6-7H2,(H2,11,13). The lowest BCUT2D eigenvalue weighted by atomic mass is 10.1. The summed E-state index contributed by atoms with van der Waals surface area (Å²) in [5, 5.41) is 8.68. The third-order valence-corrected chi connectivity index (χ3v) is 3.85. The Balaban J connectivity index is 1.92. The van der Waals surface area contributed by atoms with Crippen molar-refractivity contribution in [3.63, 3.8) is 0 Å². The second kappa shape index (κ2) is 4.64. The van der Waals surface area contributed by atoms with E-state index >= 15 is 0 Å². The van der Waals surface area contributed by atoms with E-state index in [-0.39, 0.29) is 0 Å². The van der Waals surface area contributed by atoms with Gasteiger partial charge >= 0.3 is 0 Å². The summed E-state index contributed by atoms with van der Waals surface area (Å²) in [6.07, 6.45) is 5.09. The van der Waals surface area contributed by atoms with E-state index in [1.165, 1.54) is 25.0 Å². The molecule has 1 atom stereocenters. The molecule has 2 N–H and O–H groups in total. The molecule has 1 fully saturated rings. The van der Waals surface area contributed by atoms with Gasteiger partial charge in [-0.25, -0.2) is 0 Å². The van der Waals surface area contributed by atoms with Gasteiger partial charge in [0.15, 0.2) is 0 Å². The van der Waals surface area contributed by atoms with Crippen molar-refractivity contribution in [2.75, 3.05) is 11.5 Å². The molecule has 1 unspecified atom stereocenters. The zero-order valence-corrected chi connectivity index (χ0v) is 8.96. The summed E-state index contributed by atoms with van der Waals surface area (Å²) < 4.78 is 0. The van der Waals surface area contributed by atoms with Crippen molar-refractivity contribution < 1.29 is 0 Å². The Morgan fingerprint density at radius 2 is 2.29 bits per heavy atom. The topological polar surface area (TPSA) is 51.8 Å². The minimum Gasteiger partial charge on any atom is -0.382 e. The number of hydrogen-bond acceptors (Lipinski definition) is 4. The first-order chi connectivity index (χ1) is 6.84. The summed E-state index contributed by atoms with van der Waals surface area (Å²) in [7, 11) is 0. The number of nitrogen functional groups attached to an aromatic ring is 1. The van der Waals surface area contributed by atoms with Crippen LogP contribution in [-0.4, -0.2) is 21.2 Å². The number of aromatic nitrogens is 2. The summed E-state index contributed by atoms with van der Waals surface area (Å²) in [5.41, 5.74) is 6.55. The molecular formula is C10H15N3S. The van der Waals surface area contributed by atoms with E-state index < -0.39 is 0 Å². The van der Waals surface area contributed by atoms with E-state index in [9.17, 15) is 0 Å². The van der Waals surface area contributed by atoms with Gasteiger partial charge in [0.05, 0.1) is 5.69 Å². The molecule has 1 aliphatic heterocycles. The highest BCUT2D eigenvalue weighted by Crippen LogP contribution is 2.27. The zero-order valence-electron chi connectivity index (χ0n) is 8.15. The van der Waals surface area contributed by atoms with Gasteiger partial charge in [-0.15, -0.1) is 5.10 Å². The predicted octanol–water partition coefficient (Wildman–Crippen LogP) is 1.89. The van der Waals surface area contributed by atoms with Crippen LogP contribution in [0.1, 0.15) is 25.0 Å². The van der Waals surface area contributed by atoms with Crippen molar-refractivity contribution >= 4 is 17.6 Å². The maximum Gasteiger partial charge on any atom is 0.146 e. The zero-order chi connectivity index (χ0) is 9.80. The van der Waals surface area contributed by atoms with Crippen LogP contribution in [0.3, 0.4) is 0 Å². The second-order valence-corrected chi connectivity index (χ2v) is 5.05.